The third-order valence-electron chi connectivity index (χ3n) is 12.0. The summed E-state index contributed by atoms with van der Waals surface area (Å²) in [5, 5.41) is 0. The molecule has 14 heteroatoms. The van der Waals surface area contributed by atoms with Crippen LogP contribution in [0.5, 0.6) is 23.0 Å². The van der Waals surface area contributed by atoms with Gasteiger partial charge in [0.15, 0.2) is 0 Å². The normalized spacial score (nSPS) is 10.5. The molecule has 0 fully saturated rings. The highest BCUT2D eigenvalue weighted by Gasteiger charge is 2.12. The van der Waals surface area contributed by atoms with Crippen molar-refractivity contribution in [3.8, 4) is 23.0 Å². The maximum atomic E-state index is 12.3. The van der Waals surface area contributed by atoms with Crippen LogP contribution in [-0.4, -0.2) is 75.5 Å². The first-order valence-corrected chi connectivity index (χ1v) is 27.7. The second kappa shape index (κ2) is 40.1. The standard InChI is InChI=1S/2C32H42O7/c2*1-25(2)31(34)38-24-12-8-9-13-30(33)37-23-11-7-5-4-6-10-22-36-28-20-16-27(17-21-28)32(35)39-29-18-14-26(3)15-19-29/h2*14-21H,1,4-13,22-24H2,2-3H3. The largest absolute Gasteiger partial charge is 0.494 e. The molecule has 0 spiro atoms. The van der Waals surface area contributed by atoms with E-state index in [4.69, 9.17) is 37.9 Å². The number of hydrogen-bond acceptors (Lipinski definition) is 14. The van der Waals surface area contributed by atoms with Crippen LogP contribution in [0.3, 0.4) is 0 Å². The molecule has 0 aliphatic carbocycles. The number of esters is 6. The van der Waals surface area contributed by atoms with Crippen molar-refractivity contribution in [3.05, 3.63) is 144 Å². The molecule has 424 valence electrons. The number of rotatable bonds is 38. The molecule has 4 aromatic rings. The molecule has 0 aromatic heterocycles. The number of aryl methyl sites for hydroxylation is 2. The summed E-state index contributed by atoms with van der Waals surface area (Å²) < 4.78 is 42.9. The van der Waals surface area contributed by atoms with Crippen molar-refractivity contribution in [3.63, 3.8) is 0 Å². The zero-order valence-corrected chi connectivity index (χ0v) is 46.8. The Kier molecular flexibility index (Phi) is 33.4. The Morgan fingerprint density at radius 3 is 0.923 bits per heavy atom. The van der Waals surface area contributed by atoms with Gasteiger partial charge in [0.2, 0.25) is 0 Å². The summed E-state index contributed by atoms with van der Waals surface area (Å²) in [6.45, 7) is 17.2. The Morgan fingerprint density at radius 2 is 0.603 bits per heavy atom. The van der Waals surface area contributed by atoms with Crippen LogP contribution < -0.4 is 18.9 Å². The van der Waals surface area contributed by atoms with Gasteiger partial charge in [0.05, 0.1) is 50.8 Å². The highest BCUT2D eigenvalue weighted by Crippen LogP contribution is 2.20. The van der Waals surface area contributed by atoms with E-state index in [1.54, 1.807) is 86.6 Å². The van der Waals surface area contributed by atoms with E-state index in [0.29, 0.717) is 86.3 Å². The summed E-state index contributed by atoms with van der Waals surface area (Å²) in [4.78, 5) is 70.6. The average Bonchev–Trinajstić information content (AvgIpc) is 3.43. The van der Waals surface area contributed by atoms with Gasteiger partial charge in [0.25, 0.3) is 0 Å². The van der Waals surface area contributed by atoms with Gasteiger partial charge in [-0.3, -0.25) is 9.59 Å². The summed E-state index contributed by atoms with van der Waals surface area (Å²) in [6, 6.07) is 28.7. The number of hydrogen-bond donors (Lipinski definition) is 0. The van der Waals surface area contributed by atoms with Gasteiger partial charge in [-0.1, -0.05) is 99.9 Å². The predicted molar refractivity (Wildman–Crippen MR) is 302 cm³/mol. The van der Waals surface area contributed by atoms with Crippen molar-refractivity contribution in [2.24, 2.45) is 0 Å². The molecular weight excluding hydrogens is 993 g/mol. The van der Waals surface area contributed by atoms with E-state index < -0.39 is 11.9 Å². The molecule has 0 heterocycles. The lowest BCUT2D eigenvalue weighted by Gasteiger charge is -2.08. The minimum absolute atomic E-state index is 0.165. The molecule has 4 aromatic carbocycles. The average molecular weight is 1080 g/mol. The Morgan fingerprint density at radius 1 is 0.333 bits per heavy atom. The van der Waals surface area contributed by atoms with E-state index >= 15 is 0 Å². The molecule has 0 unspecified atom stereocenters. The second-order valence-electron chi connectivity index (χ2n) is 19.3. The van der Waals surface area contributed by atoms with Crippen LogP contribution in [0, 0.1) is 13.8 Å². The first-order valence-electron chi connectivity index (χ1n) is 27.7. The lowest BCUT2D eigenvalue weighted by Crippen LogP contribution is -2.08. The molecule has 0 saturated heterocycles. The second-order valence-corrected chi connectivity index (χ2v) is 19.3. The third-order valence-corrected chi connectivity index (χ3v) is 12.0. The molecule has 0 bridgehead atoms. The Labute approximate surface area is 463 Å². The fourth-order valence-corrected chi connectivity index (χ4v) is 7.31. The van der Waals surface area contributed by atoms with Crippen molar-refractivity contribution in [2.75, 3.05) is 39.6 Å². The van der Waals surface area contributed by atoms with Crippen molar-refractivity contribution >= 4 is 35.8 Å². The minimum atomic E-state index is -0.393. The molecule has 0 N–H and O–H groups in total. The molecule has 0 atom stereocenters. The quantitative estimate of drug-likeness (QED) is 0.0136. The van der Waals surface area contributed by atoms with Gasteiger partial charge in [-0.25, -0.2) is 19.2 Å². The highest BCUT2D eigenvalue weighted by atomic mass is 16.6. The van der Waals surface area contributed by atoms with E-state index in [1.165, 1.54) is 0 Å². The molecule has 14 nitrogen and oxygen atoms in total. The van der Waals surface area contributed by atoms with E-state index in [0.717, 1.165) is 138 Å². The Bertz CT molecular complexity index is 2220. The van der Waals surface area contributed by atoms with E-state index in [1.807, 2.05) is 38.1 Å². The topological polar surface area (TPSA) is 176 Å². The predicted octanol–water partition coefficient (Wildman–Crippen LogP) is 14.3. The SMILES string of the molecule is C=C(C)C(=O)OCCCCCC(=O)OCCCCCCCCOc1ccc(C(=O)Oc2ccc(C)cc2)cc1.C=C(C)C(=O)OCCCCCC(=O)OCCCCCCCCOc1ccc(C(=O)Oc2ccc(C)cc2)cc1. The Balaban J connectivity index is 0.000000410. The van der Waals surface area contributed by atoms with Crippen molar-refractivity contribution in [2.45, 2.75) is 156 Å². The maximum Gasteiger partial charge on any atom is 0.343 e. The van der Waals surface area contributed by atoms with Crippen molar-refractivity contribution in [1.29, 1.82) is 0 Å². The van der Waals surface area contributed by atoms with Crippen LogP contribution >= 0.6 is 0 Å². The Hall–Kier alpha value is -7.22. The van der Waals surface area contributed by atoms with Gasteiger partial charge < -0.3 is 37.9 Å². The fraction of sp³-hybridized carbons (Fsp3) is 0.469. The smallest absolute Gasteiger partial charge is 0.343 e. The number of ether oxygens (including phenoxy) is 8. The third kappa shape index (κ3) is 31.1. The first-order chi connectivity index (χ1) is 37.7. The van der Waals surface area contributed by atoms with Crippen LogP contribution in [0.1, 0.15) is 174 Å². The minimum Gasteiger partial charge on any atom is -0.494 e. The van der Waals surface area contributed by atoms with Gasteiger partial charge in [0.1, 0.15) is 23.0 Å². The monoisotopic (exact) mass is 1080 g/mol. The summed E-state index contributed by atoms with van der Waals surface area (Å²) in [5.41, 5.74) is 3.96. The van der Waals surface area contributed by atoms with Crippen LogP contribution in [0.2, 0.25) is 0 Å². The number of benzene rings is 4. The van der Waals surface area contributed by atoms with Crippen molar-refractivity contribution < 1.29 is 66.7 Å². The number of unbranched alkanes of at least 4 members (excludes halogenated alkanes) is 14. The lowest BCUT2D eigenvalue weighted by molar-refractivity contribution is -0.144. The lowest BCUT2D eigenvalue weighted by atomic mass is 10.1. The van der Waals surface area contributed by atoms with Crippen LogP contribution in [0.4, 0.5) is 0 Å². The number of carbonyl (C=O) groups excluding carboxylic acids is 6. The van der Waals surface area contributed by atoms with Crippen LogP contribution in [0.25, 0.3) is 0 Å². The molecule has 0 amide bonds. The number of carbonyl (C=O) groups is 6. The van der Waals surface area contributed by atoms with Crippen molar-refractivity contribution in [1.82, 2.24) is 0 Å². The first kappa shape index (κ1) is 65.1. The van der Waals surface area contributed by atoms with Gasteiger partial charge in [-0.2, -0.15) is 0 Å². The van der Waals surface area contributed by atoms with Crippen LogP contribution in [-0.2, 0) is 38.1 Å². The molecule has 0 radical (unpaired) electrons. The summed E-state index contributed by atoms with van der Waals surface area (Å²) in [5.74, 6) is 0.655. The van der Waals surface area contributed by atoms with Gasteiger partial charge in [-0.15, -0.1) is 0 Å². The fourth-order valence-electron chi connectivity index (χ4n) is 7.31. The maximum absolute atomic E-state index is 12.3. The summed E-state index contributed by atoms with van der Waals surface area (Å²) in [6.07, 6.45) is 17.6. The summed E-state index contributed by atoms with van der Waals surface area (Å²) in [7, 11) is 0. The van der Waals surface area contributed by atoms with Gasteiger partial charge in [-0.05, 0) is 165 Å². The molecule has 0 aliphatic rings. The molecule has 0 aliphatic heterocycles. The molecule has 0 saturated carbocycles. The summed E-state index contributed by atoms with van der Waals surface area (Å²) >= 11 is 0. The zero-order chi connectivity index (χ0) is 56.6. The molecule has 4 rings (SSSR count). The van der Waals surface area contributed by atoms with Crippen LogP contribution in [0.15, 0.2) is 121 Å². The van der Waals surface area contributed by atoms with E-state index in [2.05, 4.69) is 13.2 Å². The van der Waals surface area contributed by atoms with E-state index in [9.17, 15) is 28.8 Å². The molecular formula is C64H84O14. The van der Waals surface area contributed by atoms with Gasteiger partial charge in [0, 0.05) is 24.0 Å². The van der Waals surface area contributed by atoms with E-state index in [-0.39, 0.29) is 23.9 Å². The zero-order valence-electron chi connectivity index (χ0n) is 46.8. The molecule has 78 heavy (non-hydrogen) atoms. The highest BCUT2D eigenvalue weighted by molar-refractivity contribution is 5.92. The van der Waals surface area contributed by atoms with Gasteiger partial charge >= 0.3 is 35.8 Å².